The number of anilines is 1. The molecule has 1 aromatic carbocycles. The van der Waals surface area contributed by atoms with E-state index in [1.165, 1.54) is 6.08 Å². The maximum Gasteiger partial charge on any atom is 0.241 e. The van der Waals surface area contributed by atoms with E-state index in [9.17, 15) is 4.79 Å². The van der Waals surface area contributed by atoms with Gasteiger partial charge in [0.05, 0.1) is 0 Å². The second-order valence-electron chi connectivity index (χ2n) is 2.91. The molecule has 3 nitrogen and oxygen atoms in total. The van der Waals surface area contributed by atoms with Gasteiger partial charge in [-0.2, -0.15) is 0 Å². The first-order valence-corrected chi connectivity index (χ1v) is 3.92. The summed E-state index contributed by atoms with van der Waals surface area (Å²) in [6.45, 7) is 1.94. The third-order valence-corrected chi connectivity index (χ3v) is 1.56. The lowest BCUT2D eigenvalue weighted by Gasteiger charge is -1.98. The van der Waals surface area contributed by atoms with Crippen LogP contribution in [0.2, 0.25) is 0 Å². The molecule has 3 heteroatoms. The Balaban J connectivity index is 2.95. The van der Waals surface area contributed by atoms with Crippen molar-refractivity contribution in [3.8, 4) is 0 Å². The highest BCUT2D eigenvalue weighted by atomic mass is 16.1. The number of nitrogens with two attached hydrogens (primary N) is 2. The summed E-state index contributed by atoms with van der Waals surface area (Å²) in [5.74, 6) is -0.458. The lowest BCUT2D eigenvalue weighted by molar-refractivity contribution is -0.113. The number of hydrogen-bond donors (Lipinski definition) is 2. The van der Waals surface area contributed by atoms with Gasteiger partial charge in [-0.05, 0) is 36.3 Å². The zero-order valence-corrected chi connectivity index (χ0v) is 7.45. The number of benzene rings is 1. The number of carbonyl (C=O) groups excluding carboxylic acids is 1. The predicted octanol–water partition coefficient (Wildman–Crippen LogP) is 1.08. The Morgan fingerprint density at radius 3 is 2.62 bits per heavy atom. The number of hydrogen-bond acceptors (Lipinski definition) is 2. The van der Waals surface area contributed by atoms with Crippen molar-refractivity contribution in [2.24, 2.45) is 5.73 Å². The first kappa shape index (κ1) is 9.32. The molecule has 0 radical (unpaired) electrons. The third kappa shape index (κ3) is 2.99. The molecular formula is C10H12N2O. The molecule has 0 saturated carbocycles. The number of aryl methyl sites for hydroxylation is 1. The second kappa shape index (κ2) is 3.76. The summed E-state index contributed by atoms with van der Waals surface area (Å²) < 4.78 is 0. The highest BCUT2D eigenvalue weighted by Gasteiger charge is 1.92. The number of amides is 1. The summed E-state index contributed by atoms with van der Waals surface area (Å²) in [5, 5.41) is 0. The van der Waals surface area contributed by atoms with Gasteiger partial charge in [-0.3, -0.25) is 4.79 Å². The summed E-state index contributed by atoms with van der Waals surface area (Å²) in [6, 6.07) is 5.57. The molecule has 0 unspecified atom stereocenters. The van der Waals surface area contributed by atoms with Crippen molar-refractivity contribution in [2.45, 2.75) is 6.92 Å². The zero-order valence-electron chi connectivity index (χ0n) is 7.45. The van der Waals surface area contributed by atoms with Crippen molar-refractivity contribution in [3.05, 3.63) is 35.4 Å². The maximum atomic E-state index is 10.4. The molecule has 0 heterocycles. The van der Waals surface area contributed by atoms with Crippen LogP contribution in [-0.2, 0) is 4.79 Å². The van der Waals surface area contributed by atoms with Crippen LogP contribution in [0.4, 0.5) is 5.69 Å². The molecule has 13 heavy (non-hydrogen) atoms. The van der Waals surface area contributed by atoms with E-state index in [4.69, 9.17) is 11.5 Å². The highest BCUT2D eigenvalue weighted by molar-refractivity contribution is 5.90. The summed E-state index contributed by atoms with van der Waals surface area (Å²) in [7, 11) is 0. The molecule has 1 aromatic rings. The molecular weight excluding hydrogens is 164 g/mol. The van der Waals surface area contributed by atoms with Crippen LogP contribution in [0.5, 0.6) is 0 Å². The summed E-state index contributed by atoms with van der Waals surface area (Å²) in [5.41, 5.74) is 13.2. The van der Waals surface area contributed by atoms with Crippen molar-refractivity contribution in [1.29, 1.82) is 0 Å². The molecule has 0 aliphatic rings. The number of nitrogen functional groups attached to an aromatic ring is 1. The van der Waals surface area contributed by atoms with Gasteiger partial charge in [0.15, 0.2) is 0 Å². The van der Waals surface area contributed by atoms with Gasteiger partial charge in [-0.25, -0.2) is 0 Å². The molecule has 0 fully saturated rings. The fraction of sp³-hybridized carbons (Fsp3) is 0.100. The van der Waals surface area contributed by atoms with Gasteiger partial charge in [0.2, 0.25) is 5.91 Å². The van der Waals surface area contributed by atoms with E-state index in [0.717, 1.165) is 11.1 Å². The topological polar surface area (TPSA) is 69.1 Å². The first-order valence-electron chi connectivity index (χ1n) is 3.92. The molecule has 0 aromatic heterocycles. The summed E-state index contributed by atoms with van der Waals surface area (Å²) in [6.07, 6.45) is 2.96. The quantitative estimate of drug-likeness (QED) is 0.523. The fourth-order valence-corrected chi connectivity index (χ4v) is 1.12. The van der Waals surface area contributed by atoms with Crippen LogP contribution >= 0.6 is 0 Å². The second-order valence-corrected chi connectivity index (χ2v) is 2.91. The van der Waals surface area contributed by atoms with Gasteiger partial charge in [-0.1, -0.05) is 6.07 Å². The van der Waals surface area contributed by atoms with Crippen LogP contribution in [0.15, 0.2) is 24.3 Å². The van der Waals surface area contributed by atoms with Gasteiger partial charge in [0.1, 0.15) is 0 Å². The monoisotopic (exact) mass is 176 g/mol. The largest absolute Gasteiger partial charge is 0.399 e. The number of primary amides is 1. The van der Waals surface area contributed by atoms with Gasteiger partial charge in [-0.15, -0.1) is 0 Å². The minimum atomic E-state index is -0.458. The molecule has 0 bridgehead atoms. The SMILES string of the molecule is Cc1cc(N)cc(C=CC(N)=O)c1. The fourth-order valence-electron chi connectivity index (χ4n) is 1.12. The Hall–Kier alpha value is -1.77. The van der Waals surface area contributed by atoms with E-state index >= 15 is 0 Å². The number of carbonyl (C=O) groups is 1. The smallest absolute Gasteiger partial charge is 0.241 e. The van der Waals surface area contributed by atoms with Crippen LogP contribution in [0.25, 0.3) is 6.08 Å². The summed E-state index contributed by atoms with van der Waals surface area (Å²) >= 11 is 0. The van der Waals surface area contributed by atoms with Crippen LogP contribution in [0, 0.1) is 6.92 Å². The van der Waals surface area contributed by atoms with Crippen molar-refractivity contribution >= 4 is 17.7 Å². The average molecular weight is 176 g/mol. The van der Waals surface area contributed by atoms with Gasteiger partial charge in [0.25, 0.3) is 0 Å². The van der Waals surface area contributed by atoms with Gasteiger partial charge >= 0.3 is 0 Å². The molecule has 68 valence electrons. The van der Waals surface area contributed by atoms with E-state index in [0.29, 0.717) is 5.69 Å². The van der Waals surface area contributed by atoms with Crippen LogP contribution in [0.3, 0.4) is 0 Å². The van der Waals surface area contributed by atoms with E-state index in [1.807, 2.05) is 19.1 Å². The molecule has 1 rings (SSSR count). The summed E-state index contributed by atoms with van der Waals surface area (Å²) in [4.78, 5) is 10.4. The normalized spacial score (nSPS) is 10.5. The standard InChI is InChI=1S/C10H12N2O/c1-7-4-8(2-3-10(12)13)6-9(11)5-7/h2-6H,11H2,1H3,(H2,12,13). The molecule has 0 aliphatic heterocycles. The van der Waals surface area contributed by atoms with Gasteiger partial charge in [0, 0.05) is 11.8 Å². The van der Waals surface area contributed by atoms with E-state index < -0.39 is 5.91 Å². The minimum absolute atomic E-state index is 0.458. The van der Waals surface area contributed by atoms with Crippen LogP contribution in [-0.4, -0.2) is 5.91 Å². The highest BCUT2D eigenvalue weighted by Crippen LogP contribution is 2.12. The van der Waals surface area contributed by atoms with E-state index in [2.05, 4.69) is 0 Å². The van der Waals surface area contributed by atoms with E-state index in [1.54, 1.807) is 12.1 Å². The van der Waals surface area contributed by atoms with Crippen LogP contribution in [0.1, 0.15) is 11.1 Å². The maximum absolute atomic E-state index is 10.4. The predicted molar refractivity (Wildman–Crippen MR) is 53.8 cm³/mol. The molecule has 0 saturated heterocycles. The lowest BCUT2D eigenvalue weighted by Crippen LogP contribution is -2.05. The Kier molecular flexibility index (Phi) is 2.69. The Morgan fingerprint density at radius 1 is 1.38 bits per heavy atom. The Bertz CT molecular complexity index is 336. The minimum Gasteiger partial charge on any atom is -0.399 e. The first-order chi connectivity index (χ1) is 6.08. The Morgan fingerprint density at radius 2 is 2.08 bits per heavy atom. The molecule has 0 spiro atoms. The molecule has 1 amide bonds. The lowest BCUT2D eigenvalue weighted by atomic mass is 10.1. The Labute approximate surface area is 77.0 Å². The molecule has 4 N–H and O–H groups in total. The average Bonchev–Trinajstić information content (AvgIpc) is 1.99. The number of rotatable bonds is 2. The van der Waals surface area contributed by atoms with Crippen molar-refractivity contribution in [1.82, 2.24) is 0 Å². The van der Waals surface area contributed by atoms with Crippen LogP contribution < -0.4 is 11.5 Å². The molecule has 0 aliphatic carbocycles. The zero-order chi connectivity index (χ0) is 9.84. The van der Waals surface area contributed by atoms with Crippen molar-refractivity contribution in [2.75, 3.05) is 5.73 Å². The third-order valence-electron chi connectivity index (χ3n) is 1.56. The van der Waals surface area contributed by atoms with E-state index in [-0.39, 0.29) is 0 Å². The van der Waals surface area contributed by atoms with Gasteiger partial charge < -0.3 is 11.5 Å². The molecule has 0 atom stereocenters. The van der Waals surface area contributed by atoms with Crippen molar-refractivity contribution in [3.63, 3.8) is 0 Å². The van der Waals surface area contributed by atoms with Crippen molar-refractivity contribution < 1.29 is 4.79 Å².